The summed E-state index contributed by atoms with van der Waals surface area (Å²) in [6, 6.07) is 5.08. The molecule has 3 heteroatoms. The van der Waals surface area contributed by atoms with Gasteiger partial charge in [0.2, 0.25) is 0 Å². The third-order valence-electron chi connectivity index (χ3n) is 3.44. The van der Waals surface area contributed by atoms with Gasteiger partial charge in [0.25, 0.3) is 0 Å². The molecule has 0 saturated heterocycles. The van der Waals surface area contributed by atoms with Gasteiger partial charge in [-0.2, -0.15) is 0 Å². The standard InChI is InChI=1S/C14H16FIO/c15-13-9-12(16)7-6-11(13)8-14(17)10-4-2-1-3-5-10/h6-7,9-10H,1-5,8H2. The number of carbonyl (C=O) groups excluding carboxylic acids is 1. The molecule has 1 aromatic rings. The molecule has 0 spiro atoms. The molecule has 1 aliphatic carbocycles. The monoisotopic (exact) mass is 346 g/mol. The zero-order chi connectivity index (χ0) is 12.3. The summed E-state index contributed by atoms with van der Waals surface area (Å²) in [5.41, 5.74) is 0.543. The van der Waals surface area contributed by atoms with Crippen molar-refractivity contribution >= 4 is 28.4 Å². The summed E-state index contributed by atoms with van der Waals surface area (Å²) in [4.78, 5) is 12.0. The second-order valence-electron chi connectivity index (χ2n) is 4.71. The molecule has 0 N–H and O–H groups in total. The lowest BCUT2D eigenvalue weighted by Gasteiger charge is -2.20. The first-order valence-electron chi connectivity index (χ1n) is 6.13. The molecule has 0 bridgehead atoms. The maximum atomic E-state index is 13.6. The topological polar surface area (TPSA) is 17.1 Å². The third kappa shape index (κ3) is 3.50. The Morgan fingerprint density at radius 3 is 2.65 bits per heavy atom. The molecule has 17 heavy (non-hydrogen) atoms. The van der Waals surface area contributed by atoms with Crippen molar-refractivity contribution in [3.63, 3.8) is 0 Å². The molecule has 0 aromatic heterocycles. The Bertz CT molecular complexity index is 411. The fraction of sp³-hybridized carbons (Fsp3) is 0.500. The van der Waals surface area contributed by atoms with E-state index >= 15 is 0 Å². The van der Waals surface area contributed by atoms with Gasteiger partial charge in [0.15, 0.2) is 0 Å². The molecule has 0 aliphatic heterocycles. The first-order chi connectivity index (χ1) is 8.16. The number of hydrogen-bond donors (Lipinski definition) is 0. The van der Waals surface area contributed by atoms with Crippen molar-refractivity contribution in [2.24, 2.45) is 5.92 Å². The molecule has 1 nitrogen and oxygen atoms in total. The first-order valence-corrected chi connectivity index (χ1v) is 7.21. The Kier molecular flexibility index (Phi) is 4.54. The van der Waals surface area contributed by atoms with Gasteiger partial charge in [0, 0.05) is 15.9 Å². The zero-order valence-electron chi connectivity index (χ0n) is 9.72. The summed E-state index contributed by atoms with van der Waals surface area (Å²) in [7, 11) is 0. The summed E-state index contributed by atoms with van der Waals surface area (Å²) in [5, 5.41) is 0. The van der Waals surface area contributed by atoms with Crippen LogP contribution in [-0.2, 0) is 11.2 Å². The van der Waals surface area contributed by atoms with Gasteiger partial charge in [-0.3, -0.25) is 4.79 Å². The number of Topliss-reactive ketones (excluding diaryl/α,β-unsaturated/α-hetero) is 1. The van der Waals surface area contributed by atoms with Gasteiger partial charge in [0.1, 0.15) is 11.6 Å². The summed E-state index contributed by atoms with van der Waals surface area (Å²) in [6.45, 7) is 0. The van der Waals surface area contributed by atoms with Gasteiger partial charge in [-0.25, -0.2) is 4.39 Å². The first kappa shape index (κ1) is 13.0. The van der Waals surface area contributed by atoms with Gasteiger partial charge < -0.3 is 0 Å². The molecule has 0 radical (unpaired) electrons. The normalized spacial score (nSPS) is 17.1. The van der Waals surface area contributed by atoms with Gasteiger partial charge in [-0.15, -0.1) is 0 Å². The maximum Gasteiger partial charge on any atom is 0.140 e. The minimum absolute atomic E-state index is 0.169. The number of carbonyl (C=O) groups is 1. The Morgan fingerprint density at radius 2 is 2.00 bits per heavy atom. The fourth-order valence-corrected chi connectivity index (χ4v) is 2.87. The van der Waals surface area contributed by atoms with Crippen LogP contribution < -0.4 is 0 Å². The van der Waals surface area contributed by atoms with Crippen molar-refractivity contribution in [1.82, 2.24) is 0 Å². The van der Waals surface area contributed by atoms with Gasteiger partial charge >= 0.3 is 0 Å². The van der Waals surface area contributed by atoms with Gasteiger partial charge in [-0.1, -0.05) is 25.3 Å². The Balaban J connectivity index is 2.02. The van der Waals surface area contributed by atoms with Crippen molar-refractivity contribution in [3.05, 3.63) is 33.1 Å². The Morgan fingerprint density at radius 1 is 1.29 bits per heavy atom. The SMILES string of the molecule is O=C(Cc1ccc(I)cc1F)C1CCCCC1. The molecule has 1 saturated carbocycles. The molecule has 0 atom stereocenters. The van der Waals surface area contributed by atoms with E-state index in [0.717, 1.165) is 29.3 Å². The van der Waals surface area contributed by atoms with E-state index in [4.69, 9.17) is 0 Å². The molecular weight excluding hydrogens is 330 g/mol. The highest BCUT2D eigenvalue weighted by atomic mass is 127. The summed E-state index contributed by atoms with van der Waals surface area (Å²) < 4.78 is 14.5. The molecule has 92 valence electrons. The summed E-state index contributed by atoms with van der Waals surface area (Å²) in [6.07, 6.45) is 5.77. The maximum absolute atomic E-state index is 13.6. The number of ketones is 1. The van der Waals surface area contributed by atoms with Crippen LogP contribution in [0.2, 0.25) is 0 Å². The number of benzene rings is 1. The molecule has 0 amide bonds. The van der Waals surface area contributed by atoms with E-state index in [-0.39, 0.29) is 23.9 Å². The van der Waals surface area contributed by atoms with Crippen LogP contribution in [-0.4, -0.2) is 5.78 Å². The van der Waals surface area contributed by atoms with Crippen molar-refractivity contribution in [2.75, 3.05) is 0 Å². The Labute approximate surface area is 115 Å². The second kappa shape index (κ2) is 5.94. The largest absolute Gasteiger partial charge is 0.299 e. The third-order valence-corrected chi connectivity index (χ3v) is 4.11. The second-order valence-corrected chi connectivity index (χ2v) is 5.96. The highest BCUT2D eigenvalue weighted by Gasteiger charge is 2.21. The highest BCUT2D eigenvalue weighted by Crippen LogP contribution is 2.26. The molecule has 0 heterocycles. The van der Waals surface area contributed by atoms with E-state index in [2.05, 4.69) is 22.6 Å². The molecule has 1 aromatic carbocycles. The van der Waals surface area contributed by atoms with Crippen molar-refractivity contribution in [1.29, 1.82) is 0 Å². The zero-order valence-corrected chi connectivity index (χ0v) is 11.9. The quantitative estimate of drug-likeness (QED) is 0.753. The van der Waals surface area contributed by atoms with Crippen molar-refractivity contribution in [3.8, 4) is 0 Å². The minimum atomic E-state index is -0.249. The average Bonchev–Trinajstić information content (AvgIpc) is 2.34. The van der Waals surface area contributed by atoms with E-state index in [1.807, 2.05) is 6.07 Å². The van der Waals surface area contributed by atoms with Crippen LogP contribution in [0.15, 0.2) is 18.2 Å². The fourth-order valence-electron chi connectivity index (χ4n) is 2.42. The Hall–Kier alpha value is -0.450. The van der Waals surface area contributed by atoms with Crippen molar-refractivity contribution in [2.45, 2.75) is 38.5 Å². The van der Waals surface area contributed by atoms with Crippen LogP contribution in [0.25, 0.3) is 0 Å². The van der Waals surface area contributed by atoms with E-state index in [1.165, 1.54) is 12.5 Å². The van der Waals surface area contributed by atoms with E-state index < -0.39 is 0 Å². The van der Waals surface area contributed by atoms with Crippen molar-refractivity contribution < 1.29 is 9.18 Å². The predicted octanol–water partition coefficient (Wildman–Crippen LogP) is 4.12. The lowest BCUT2D eigenvalue weighted by Crippen LogP contribution is -2.20. The van der Waals surface area contributed by atoms with Crippen LogP contribution in [0.1, 0.15) is 37.7 Å². The summed E-state index contributed by atoms with van der Waals surface area (Å²) in [5.74, 6) is 0.133. The van der Waals surface area contributed by atoms with E-state index in [1.54, 1.807) is 6.07 Å². The van der Waals surface area contributed by atoms with Crippen LogP contribution in [0.3, 0.4) is 0 Å². The molecule has 1 aliphatic rings. The molecule has 0 unspecified atom stereocenters. The van der Waals surface area contributed by atoms with Crippen LogP contribution in [0.4, 0.5) is 4.39 Å². The summed E-state index contributed by atoms with van der Waals surface area (Å²) >= 11 is 2.07. The van der Waals surface area contributed by atoms with E-state index in [0.29, 0.717) is 5.56 Å². The average molecular weight is 346 g/mol. The lowest BCUT2D eigenvalue weighted by atomic mass is 9.84. The number of hydrogen-bond acceptors (Lipinski definition) is 1. The number of halogens is 2. The van der Waals surface area contributed by atoms with Crippen LogP contribution in [0, 0.1) is 15.3 Å². The van der Waals surface area contributed by atoms with E-state index in [9.17, 15) is 9.18 Å². The molecule has 2 rings (SSSR count). The lowest BCUT2D eigenvalue weighted by molar-refractivity contribution is -0.123. The van der Waals surface area contributed by atoms with Crippen LogP contribution >= 0.6 is 22.6 Å². The molecule has 1 fully saturated rings. The minimum Gasteiger partial charge on any atom is -0.299 e. The van der Waals surface area contributed by atoms with Gasteiger partial charge in [-0.05, 0) is 53.1 Å². The predicted molar refractivity (Wildman–Crippen MR) is 74.4 cm³/mol. The number of rotatable bonds is 3. The highest BCUT2D eigenvalue weighted by molar-refractivity contribution is 14.1. The smallest absolute Gasteiger partial charge is 0.140 e. The van der Waals surface area contributed by atoms with Crippen LogP contribution in [0.5, 0.6) is 0 Å². The van der Waals surface area contributed by atoms with Gasteiger partial charge in [0.05, 0.1) is 0 Å². The molecular formula is C14H16FIO.